The third-order valence-corrected chi connectivity index (χ3v) is 1.96. The number of hydrogen-bond acceptors (Lipinski definition) is 4. The summed E-state index contributed by atoms with van der Waals surface area (Å²) >= 11 is 16.0. The van der Waals surface area contributed by atoms with Crippen LogP contribution >= 0.6 is 34.8 Å². The van der Waals surface area contributed by atoms with E-state index in [0.29, 0.717) is 0 Å². The zero-order valence-corrected chi connectivity index (χ0v) is 9.53. The van der Waals surface area contributed by atoms with Crippen molar-refractivity contribution in [3.63, 3.8) is 0 Å². The molecule has 1 aliphatic rings. The molecular formula is C7H6Cl3NO4. The lowest BCUT2D eigenvalue weighted by Gasteiger charge is -2.12. The molecule has 1 aliphatic heterocycles. The molecule has 1 fully saturated rings. The molecule has 0 aromatic heterocycles. The maximum atomic E-state index is 11.2. The Hall–Kier alpha value is -0.520. The molecule has 0 aromatic rings. The third kappa shape index (κ3) is 3.85. The van der Waals surface area contributed by atoms with Gasteiger partial charge >= 0.3 is 5.97 Å². The van der Waals surface area contributed by atoms with Crippen molar-refractivity contribution >= 4 is 52.6 Å². The van der Waals surface area contributed by atoms with E-state index in [4.69, 9.17) is 34.8 Å². The number of amides is 2. The van der Waals surface area contributed by atoms with Gasteiger partial charge in [0, 0.05) is 6.42 Å². The molecule has 0 saturated carbocycles. The number of halogens is 3. The molecule has 0 bridgehead atoms. The number of imide groups is 1. The van der Waals surface area contributed by atoms with E-state index in [0.717, 1.165) is 0 Å². The lowest BCUT2D eigenvalue weighted by atomic mass is 10.1. The van der Waals surface area contributed by atoms with Gasteiger partial charge in [0.25, 0.3) is 0 Å². The smallest absolute Gasteiger partial charge is 0.319 e. The van der Waals surface area contributed by atoms with E-state index in [-0.39, 0.29) is 6.42 Å². The molecule has 8 heteroatoms. The number of ether oxygens (including phenoxy) is 1. The van der Waals surface area contributed by atoms with Crippen LogP contribution in [0, 0.1) is 5.92 Å². The zero-order chi connectivity index (χ0) is 11.6. The molecule has 0 spiro atoms. The van der Waals surface area contributed by atoms with Gasteiger partial charge in [0.2, 0.25) is 15.6 Å². The van der Waals surface area contributed by atoms with Gasteiger partial charge < -0.3 is 4.74 Å². The van der Waals surface area contributed by atoms with Crippen LogP contribution in [-0.2, 0) is 19.1 Å². The predicted molar refractivity (Wildman–Crippen MR) is 52.5 cm³/mol. The van der Waals surface area contributed by atoms with Crippen LogP contribution in [0.4, 0.5) is 0 Å². The number of carbonyl (C=O) groups is 3. The molecule has 84 valence electrons. The van der Waals surface area contributed by atoms with Gasteiger partial charge in [-0.3, -0.25) is 19.7 Å². The SMILES string of the molecule is O=C1CC(C(=O)OCC(Cl)(Cl)Cl)C(=O)N1. The van der Waals surface area contributed by atoms with E-state index in [1.165, 1.54) is 0 Å². The number of alkyl halides is 3. The van der Waals surface area contributed by atoms with Crippen molar-refractivity contribution in [3.8, 4) is 0 Å². The van der Waals surface area contributed by atoms with Crippen molar-refractivity contribution in [2.75, 3.05) is 6.61 Å². The van der Waals surface area contributed by atoms with Crippen molar-refractivity contribution in [3.05, 3.63) is 0 Å². The maximum Gasteiger partial charge on any atom is 0.319 e. The Labute approximate surface area is 100.0 Å². The molecule has 1 atom stereocenters. The monoisotopic (exact) mass is 273 g/mol. The van der Waals surface area contributed by atoms with E-state index in [2.05, 4.69) is 4.74 Å². The first-order chi connectivity index (χ1) is 6.79. The molecule has 1 unspecified atom stereocenters. The first-order valence-corrected chi connectivity index (χ1v) is 5.00. The first kappa shape index (κ1) is 12.5. The largest absolute Gasteiger partial charge is 0.461 e. The van der Waals surface area contributed by atoms with Crippen molar-refractivity contribution in [1.29, 1.82) is 0 Å². The Balaban J connectivity index is 2.48. The summed E-state index contributed by atoms with van der Waals surface area (Å²) in [7, 11) is 0. The van der Waals surface area contributed by atoms with Gasteiger partial charge in [-0.2, -0.15) is 0 Å². The van der Waals surface area contributed by atoms with Gasteiger partial charge in [-0.05, 0) is 0 Å². The summed E-state index contributed by atoms with van der Waals surface area (Å²) in [5, 5.41) is 1.97. The van der Waals surface area contributed by atoms with Gasteiger partial charge in [-0.15, -0.1) is 0 Å². The van der Waals surface area contributed by atoms with E-state index in [1.54, 1.807) is 0 Å². The van der Waals surface area contributed by atoms with Crippen LogP contribution < -0.4 is 5.32 Å². The number of carbonyl (C=O) groups excluding carboxylic acids is 3. The molecular weight excluding hydrogens is 268 g/mol. The standard InChI is InChI=1S/C7H6Cl3NO4/c8-7(9,10)2-15-6(14)3-1-4(12)11-5(3)13/h3H,1-2H2,(H,11,12,13). The molecule has 0 aliphatic carbocycles. The highest BCUT2D eigenvalue weighted by molar-refractivity contribution is 6.67. The topological polar surface area (TPSA) is 72.5 Å². The minimum absolute atomic E-state index is 0.225. The van der Waals surface area contributed by atoms with Crippen LogP contribution in [0.2, 0.25) is 0 Å². The Morgan fingerprint density at radius 2 is 2.07 bits per heavy atom. The van der Waals surface area contributed by atoms with E-state index < -0.39 is 34.1 Å². The number of nitrogens with one attached hydrogen (secondary N) is 1. The quantitative estimate of drug-likeness (QED) is 0.346. The summed E-state index contributed by atoms with van der Waals surface area (Å²) in [6.45, 7) is -0.464. The fraction of sp³-hybridized carbons (Fsp3) is 0.571. The first-order valence-electron chi connectivity index (χ1n) is 3.86. The number of esters is 1. The molecule has 1 rings (SSSR count). The predicted octanol–water partition coefficient (Wildman–Crippen LogP) is 0.562. The van der Waals surface area contributed by atoms with Gasteiger partial charge in [0.1, 0.15) is 12.5 Å². The van der Waals surface area contributed by atoms with Crippen LogP contribution in [0.1, 0.15) is 6.42 Å². The van der Waals surface area contributed by atoms with E-state index in [1.807, 2.05) is 5.32 Å². The summed E-state index contributed by atoms with van der Waals surface area (Å²) in [6.07, 6.45) is -0.225. The fourth-order valence-electron chi connectivity index (χ4n) is 0.998. The molecule has 5 nitrogen and oxygen atoms in total. The van der Waals surface area contributed by atoms with Crippen LogP contribution in [-0.4, -0.2) is 28.2 Å². The summed E-state index contributed by atoms with van der Waals surface area (Å²) in [6, 6.07) is 0. The Bertz CT molecular complexity index is 312. The van der Waals surface area contributed by atoms with Gasteiger partial charge in [0.05, 0.1) is 0 Å². The normalized spacial score (nSPS) is 21.4. The minimum atomic E-state index is -1.73. The molecule has 2 amide bonds. The fourth-order valence-corrected chi connectivity index (χ4v) is 1.16. The highest BCUT2D eigenvalue weighted by atomic mass is 35.6. The van der Waals surface area contributed by atoms with Crippen LogP contribution in [0.5, 0.6) is 0 Å². The second kappa shape index (κ2) is 4.55. The average Bonchev–Trinajstić information content (AvgIpc) is 2.40. The molecule has 15 heavy (non-hydrogen) atoms. The van der Waals surface area contributed by atoms with Crippen LogP contribution in [0.25, 0.3) is 0 Å². The summed E-state index contributed by atoms with van der Waals surface area (Å²) in [5.41, 5.74) is 0. The Morgan fingerprint density at radius 1 is 1.47 bits per heavy atom. The third-order valence-electron chi connectivity index (χ3n) is 1.63. The Morgan fingerprint density at radius 3 is 2.47 bits per heavy atom. The molecule has 0 aromatic carbocycles. The van der Waals surface area contributed by atoms with Crippen molar-refractivity contribution in [1.82, 2.24) is 5.32 Å². The average molecular weight is 274 g/mol. The summed E-state index contributed by atoms with van der Waals surface area (Å²) in [4.78, 5) is 33.0. The number of rotatable bonds is 2. The summed E-state index contributed by atoms with van der Waals surface area (Å²) < 4.78 is 2.83. The van der Waals surface area contributed by atoms with Crippen LogP contribution in [0.3, 0.4) is 0 Å². The molecule has 1 saturated heterocycles. The van der Waals surface area contributed by atoms with Gasteiger partial charge in [-0.25, -0.2) is 0 Å². The van der Waals surface area contributed by atoms with Gasteiger partial charge in [-0.1, -0.05) is 34.8 Å². The molecule has 0 radical (unpaired) electrons. The highest BCUT2D eigenvalue weighted by Gasteiger charge is 2.38. The van der Waals surface area contributed by atoms with Crippen molar-refractivity contribution in [2.45, 2.75) is 10.2 Å². The summed E-state index contributed by atoms with van der Waals surface area (Å²) in [5.74, 6) is -3.21. The second-order valence-corrected chi connectivity index (χ2v) is 5.41. The lowest BCUT2D eigenvalue weighted by Crippen LogP contribution is -2.29. The highest BCUT2D eigenvalue weighted by Crippen LogP contribution is 2.26. The number of hydrogen-bond donors (Lipinski definition) is 1. The minimum Gasteiger partial charge on any atom is -0.461 e. The Kier molecular flexibility index (Phi) is 3.81. The van der Waals surface area contributed by atoms with Crippen LogP contribution in [0.15, 0.2) is 0 Å². The van der Waals surface area contributed by atoms with E-state index in [9.17, 15) is 14.4 Å². The zero-order valence-electron chi connectivity index (χ0n) is 7.26. The van der Waals surface area contributed by atoms with E-state index >= 15 is 0 Å². The van der Waals surface area contributed by atoms with Crippen molar-refractivity contribution in [2.24, 2.45) is 5.92 Å². The lowest BCUT2D eigenvalue weighted by molar-refractivity contribution is -0.151. The second-order valence-electron chi connectivity index (χ2n) is 2.89. The van der Waals surface area contributed by atoms with Gasteiger partial charge in [0.15, 0.2) is 0 Å². The maximum absolute atomic E-state index is 11.2. The molecule has 1 heterocycles. The molecule has 1 N–H and O–H groups in total. The van der Waals surface area contributed by atoms with Crippen molar-refractivity contribution < 1.29 is 19.1 Å².